The summed E-state index contributed by atoms with van der Waals surface area (Å²) in [6.07, 6.45) is 1.37. The van der Waals surface area contributed by atoms with Crippen LogP contribution < -0.4 is 16.2 Å². The second-order valence-corrected chi connectivity index (χ2v) is 5.49. The van der Waals surface area contributed by atoms with Crippen molar-refractivity contribution in [3.8, 4) is 0 Å². The van der Waals surface area contributed by atoms with Gasteiger partial charge in [-0.15, -0.1) is 12.4 Å². The number of hydrogen-bond acceptors (Lipinski definition) is 5. The fourth-order valence-electron chi connectivity index (χ4n) is 1.93. The maximum atomic E-state index is 12.1. The zero-order chi connectivity index (χ0) is 13.8. The van der Waals surface area contributed by atoms with Crippen LogP contribution in [-0.2, 0) is 6.54 Å². The number of fused-ring (bicyclic) bond motifs is 1. The molecule has 0 saturated heterocycles. The lowest BCUT2D eigenvalue weighted by molar-refractivity contribution is 0.0947. The fourth-order valence-corrected chi connectivity index (χ4v) is 2.85. The topological polar surface area (TPSA) is 76.0 Å². The van der Waals surface area contributed by atoms with Gasteiger partial charge in [0.1, 0.15) is 5.56 Å². The van der Waals surface area contributed by atoms with Gasteiger partial charge >= 0.3 is 0 Å². The highest BCUT2D eigenvalue weighted by molar-refractivity contribution is 7.99. The third kappa shape index (κ3) is 3.74. The summed E-state index contributed by atoms with van der Waals surface area (Å²) in [5, 5.41) is 6.64. The Morgan fingerprint density at radius 1 is 1.60 bits per heavy atom. The Bertz CT molecular complexity index is 535. The van der Waals surface area contributed by atoms with Crippen LogP contribution in [0.15, 0.2) is 16.1 Å². The highest BCUT2D eigenvalue weighted by Gasteiger charge is 2.19. The molecule has 0 aliphatic carbocycles. The van der Waals surface area contributed by atoms with E-state index >= 15 is 0 Å². The minimum absolute atomic E-state index is 0. The molecule has 0 aromatic carbocycles. The van der Waals surface area contributed by atoms with Crippen LogP contribution in [-0.4, -0.2) is 40.3 Å². The molecule has 6 nitrogen and oxygen atoms in total. The fraction of sp³-hybridized carbons (Fsp3) is 0.583. The number of nitrogens with zero attached hydrogens (tertiary/aromatic N) is 2. The van der Waals surface area contributed by atoms with Gasteiger partial charge in [-0.05, 0) is 13.5 Å². The van der Waals surface area contributed by atoms with E-state index in [2.05, 4.69) is 15.6 Å². The second kappa shape index (κ2) is 7.66. The number of amides is 1. The third-order valence-electron chi connectivity index (χ3n) is 2.92. The van der Waals surface area contributed by atoms with E-state index in [0.717, 1.165) is 12.3 Å². The Labute approximate surface area is 128 Å². The van der Waals surface area contributed by atoms with Crippen LogP contribution in [0.3, 0.4) is 0 Å². The summed E-state index contributed by atoms with van der Waals surface area (Å²) >= 11 is 1.54. The molecule has 1 aliphatic heterocycles. The van der Waals surface area contributed by atoms with Crippen molar-refractivity contribution in [2.75, 3.05) is 18.8 Å². The van der Waals surface area contributed by atoms with Gasteiger partial charge in [0.25, 0.3) is 11.5 Å². The van der Waals surface area contributed by atoms with Gasteiger partial charge < -0.3 is 10.6 Å². The second-order valence-electron chi connectivity index (χ2n) is 4.43. The number of hydrogen-bond donors (Lipinski definition) is 2. The summed E-state index contributed by atoms with van der Waals surface area (Å²) < 4.78 is 1.56. The molecule has 2 N–H and O–H groups in total. The number of carbonyl (C=O) groups is 1. The van der Waals surface area contributed by atoms with Crippen LogP contribution in [0.1, 0.15) is 24.2 Å². The molecule has 20 heavy (non-hydrogen) atoms. The average Bonchev–Trinajstić information content (AvgIpc) is 2.86. The smallest absolute Gasteiger partial charge is 0.267 e. The number of nitrogens with one attached hydrogen (secondary N) is 2. The first-order chi connectivity index (χ1) is 9.13. The predicted molar refractivity (Wildman–Crippen MR) is 81.9 cm³/mol. The summed E-state index contributed by atoms with van der Waals surface area (Å²) in [6.45, 7) is 5.95. The van der Waals surface area contributed by atoms with Gasteiger partial charge in [-0.2, -0.15) is 0 Å². The molecule has 2 heterocycles. The lowest BCUT2D eigenvalue weighted by Crippen LogP contribution is -2.41. The Morgan fingerprint density at radius 2 is 2.35 bits per heavy atom. The average molecular weight is 319 g/mol. The molecule has 2 rings (SSSR count). The van der Waals surface area contributed by atoms with Crippen LogP contribution in [0.4, 0.5) is 0 Å². The van der Waals surface area contributed by atoms with Crippen LogP contribution in [0.5, 0.6) is 0 Å². The van der Waals surface area contributed by atoms with Crippen molar-refractivity contribution in [2.24, 2.45) is 0 Å². The van der Waals surface area contributed by atoms with Gasteiger partial charge in [-0.3, -0.25) is 14.2 Å². The quantitative estimate of drug-likeness (QED) is 0.773. The SMILES string of the molecule is CCN[C@H](C)CNC(=O)c1cnc2n(c1=O)CCS2.Cl. The number of thioether (sulfide) groups is 1. The first-order valence-electron chi connectivity index (χ1n) is 6.37. The number of carbonyl (C=O) groups excluding carboxylic acids is 1. The molecule has 1 aromatic heterocycles. The molecule has 8 heteroatoms. The van der Waals surface area contributed by atoms with E-state index in [1.165, 1.54) is 18.0 Å². The van der Waals surface area contributed by atoms with Crippen LogP contribution in [0.2, 0.25) is 0 Å². The molecule has 1 atom stereocenters. The van der Waals surface area contributed by atoms with E-state index in [1.807, 2.05) is 13.8 Å². The van der Waals surface area contributed by atoms with E-state index in [-0.39, 0.29) is 35.5 Å². The minimum atomic E-state index is -0.352. The van der Waals surface area contributed by atoms with Crippen molar-refractivity contribution in [3.63, 3.8) is 0 Å². The molecule has 0 radical (unpaired) electrons. The van der Waals surface area contributed by atoms with Crippen molar-refractivity contribution in [1.82, 2.24) is 20.2 Å². The van der Waals surface area contributed by atoms with Crippen molar-refractivity contribution >= 4 is 30.1 Å². The summed E-state index contributed by atoms with van der Waals surface area (Å²) in [4.78, 5) is 28.2. The minimum Gasteiger partial charge on any atom is -0.350 e. The van der Waals surface area contributed by atoms with Crippen LogP contribution in [0, 0.1) is 0 Å². The molecular formula is C12H19ClN4O2S. The molecule has 112 valence electrons. The van der Waals surface area contributed by atoms with Crippen molar-refractivity contribution < 1.29 is 4.79 Å². The zero-order valence-electron chi connectivity index (χ0n) is 11.5. The Kier molecular flexibility index (Phi) is 6.51. The highest BCUT2D eigenvalue weighted by atomic mass is 35.5. The van der Waals surface area contributed by atoms with Gasteiger partial charge in [0.15, 0.2) is 5.16 Å². The lowest BCUT2D eigenvalue weighted by atomic mass is 10.3. The van der Waals surface area contributed by atoms with Crippen molar-refractivity contribution in [1.29, 1.82) is 0 Å². The molecule has 1 aliphatic rings. The van der Waals surface area contributed by atoms with E-state index in [0.29, 0.717) is 18.2 Å². The molecular weight excluding hydrogens is 300 g/mol. The maximum absolute atomic E-state index is 12.1. The summed E-state index contributed by atoms with van der Waals surface area (Å²) in [5.41, 5.74) is -0.126. The Balaban J connectivity index is 0.00000200. The van der Waals surface area contributed by atoms with Crippen LogP contribution in [0.25, 0.3) is 0 Å². The third-order valence-corrected chi connectivity index (χ3v) is 3.89. The van der Waals surface area contributed by atoms with Crippen molar-refractivity contribution in [3.05, 3.63) is 22.1 Å². The summed E-state index contributed by atoms with van der Waals surface area (Å²) in [7, 11) is 0. The first kappa shape index (κ1) is 17.0. The predicted octanol–water partition coefficient (Wildman–Crippen LogP) is 0.499. The lowest BCUT2D eigenvalue weighted by Gasteiger charge is -2.13. The first-order valence-corrected chi connectivity index (χ1v) is 7.36. The maximum Gasteiger partial charge on any atom is 0.267 e. The van der Waals surface area contributed by atoms with Gasteiger partial charge in [-0.1, -0.05) is 18.7 Å². The van der Waals surface area contributed by atoms with Gasteiger partial charge in [0, 0.05) is 31.1 Å². The van der Waals surface area contributed by atoms with E-state index in [9.17, 15) is 9.59 Å². The number of rotatable bonds is 5. The molecule has 0 bridgehead atoms. The Morgan fingerprint density at radius 3 is 3.05 bits per heavy atom. The van der Waals surface area contributed by atoms with Crippen molar-refractivity contribution in [2.45, 2.75) is 31.6 Å². The summed E-state index contributed by atoms with van der Waals surface area (Å²) in [5.74, 6) is 0.486. The normalized spacial score (nSPS) is 14.3. The van der Waals surface area contributed by atoms with Crippen LogP contribution >= 0.6 is 24.2 Å². The van der Waals surface area contributed by atoms with E-state index in [1.54, 1.807) is 4.57 Å². The number of likely N-dealkylation sites (N-methyl/N-ethyl adjacent to an activating group) is 1. The molecule has 1 aromatic rings. The van der Waals surface area contributed by atoms with Gasteiger partial charge in [0.05, 0.1) is 0 Å². The summed E-state index contributed by atoms with van der Waals surface area (Å²) in [6, 6.07) is 0.176. The van der Waals surface area contributed by atoms with Gasteiger partial charge in [-0.25, -0.2) is 4.98 Å². The van der Waals surface area contributed by atoms with Gasteiger partial charge in [0.2, 0.25) is 0 Å². The monoisotopic (exact) mass is 318 g/mol. The molecule has 0 unspecified atom stereocenters. The zero-order valence-corrected chi connectivity index (χ0v) is 13.1. The standard InChI is InChI=1S/C12H18N4O2S.ClH/c1-3-13-8(2)6-14-10(17)9-7-15-12-16(11(9)18)4-5-19-12;/h7-8,13H,3-6H2,1-2H3,(H,14,17);1H/t8-;/m1./s1. The number of halogens is 1. The van der Waals surface area contributed by atoms with E-state index < -0.39 is 0 Å². The Hall–Kier alpha value is -1.05. The molecule has 0 spiro atoms. The molecule has 0 saturated carbocycles. The van der Waals surface area contributed by atoms with E-state index in [4.69, 9.17) is 0 Å². The highest BCUT2D eigenvalue weighted by Crippen LogP contribution is 2.20. The molecule has 1 amide bonds. The largest absolute Gasteiger partial charge is 0.350 e. The molecule has 0 fully saturated rings. The number of aromatic nitrogens is 2.